The van der Waals surface area contributed by atoms with Gasteiger partial charge in [0.1, 0.15) is 5.37 Å². The number of carboxylic acids is 1. The van der Waals surface area contributed by atoms with Crippen LogP contribution in [0.5, 0.6) is 0 Å². The third-order valence-corrected chi connectivity index (χ3v) is 6.25. The summed E-state index contributed by atoms with van der Waals surface area (Å²) < 4.78 is 2.54. The molecule has 0 aromatic carbocycles. The normalized spacial score (nSPS) is 25.2. The van der Waals surface area contributed by atoms with Crippen molar-refractivity contribution in [2.45, 2.75) is 24.9 Å². The Kier molecular flexibility index (Phi) is 4.20. The number of aryl methyl sites for hydroxylation is 1. The first kappa shape index (κ1) is 15.4. The van der Waals surface area contributed by atoms with E-state index < -0.39 is 18.0 Å². The number of aromatic nitrogens is 2. The van der Waals surface area contributed by atoms with Gasteiger partial charge in [0.15, 0.2) is 5.70 Å². The predicted molar refractivity (Wildman–Crippen MR) is 82.7 cm³/mol. The molecule has 1 fully saturated rings. The third kappa shape index (κ3) is 2.53. The molecule has 1 aromatic heterocycles. The smallest absolute Gasteiger partial charge is 0.354 e. The average molecular weight is 341 g/mol. The van der Waals surface area contributed by atoms with Gasteiger partial charge in [-0.2, -0.15) is 0 Å². The first-order chi connectivity index (χ1) is 10.5. The van der Waals surface area contributed by atoms with Gasteiger partial charge in [0.05, 0.1) is 22.6 Å². The van der Waals surface area contributed by atoms with Crippen LogP contribution in [0, 0.1) is 5.92 Å². The van der Waals surface area contributed by atoms with Crippen molar-refractivity contribution in [2.75, 3.05) is 5.75 Å². The van der Waals surface area contributed by atoms with Gasteiger partial charge in [0.2, 0.25) is 5.91 Å². The second-order valence-corrected chi connectivity index (χ2v) is 7.56. The number of thioether (sulfide) groups is 2. The summed E-state index contributed by atoms with van der Waals surface area (Å²) in [4.78, 5) is 28.7. The lowest BCUT2D eigenvalue weighted by Gasteiger charge is -2.43. The lowest BCUT2D eigenvalue weighted by molar-refractivity contribution is -0.156. The SMILES string of the molecule is CC(O)[C@H]1C(=O)N2C(C(=O)O)=C(SCCn3ccnc3)S[C@H]12. The molecule has 2 aliphatic heterocycles. The summed E-state index contributed by atoms with van der Waals surface area (Å²) in [6.45, 7) is 2.27. The molecule has 0 saturated carbocycles. The molecule has 3 heterocycles. The Bertz CT molecular complexity index is 629. The van der Waals surface area contributed by atoms with E-state index in [1.54, 1.807) is 19.4 Å². The standard InChI is InChI=1S/C13H15N3O4S2/c1-7(17)8-10(18)16-9(12(19)20)13(22-11(8)16)21-5-4-15-3-2-14-6-15/h2-3,6-8,11,17H,4-5H2,1H3,(H,19,20)/t7?,8-,11+/m0/s1. The number of carboxylic acid groups (broad SMARTS) is 1. The van der Waals surface area contributed by atoms with Crippen molar-refractivity contribution in [3.05, 3.63) is 28.7 Å². The zero-order chi connectivity index (χ0) is 15.9. The summed E-state index contributed by atoms with van der Waals surface area (Å²) in [6.07, 6.45) is 4.46. The highest BCUT2D eigenvalue weighted by atomic mass is 32.2. The molecule has 0 radical (unpaired) electrons. The van der Waals surface area contributed by atoms with Gasteiger partial charge in [0.25, 0.3) is 0 Å². The summed E-state index contributed by atoms with van der Waals surface area (Å²) in [5.74, 6) is -1.25. The Hall–Kier alpha value is -1.45. The number of amides is 1. The Morgan fingerprint density at radius 1 is 1.59 bits per heavy atom. The lowest BCUT2D eigenvalue weighted by atomic mass is 9.92. The zero-order valence-electron chi connectivity index (χ0n) is 11.7. The van der Waals surface area contributed by atoms with Gasteiger partial charge < -0.3 is 14.8 Å². The van der Waals surface area contributed by atoms with E-state index in [2.05, 4.69) is 4.98 Å². The molecule has 2 aliphatic rings. The molecular weight excluding hydrogens is 326 g/mol. The van der Waals surface area contributed by atoms with E-state index in [0.717, 1.165) is 0 Å². The maximum Gasteiger partial charge on any atom is 0.354 e. The van der Waals surface area contributed by atoms with E-state index in [1.165, 1.54) is 28.4 Å². The second-order valence-electron chi connectivity index (χ2n) is 5.07. The first-order valence-electron chi connectivity index (χ1n) is 6.74. The fourth-order valence-electron chi connectivity index (χ4n) is 2.51. The average Bonchev–Trinajstić information content (AvgIpc) is 3.04. The fraction of sp³-hybridized carbons (Fsp3) is 0.462. The summed E-state index contributed by atoms with van der Waals surface area (Å²) >= 11 is 2.78. The predicted octanol–water partition coefficient (Wildman–Crippen LogP) is 0.782. The van der Waals surface area contributed by atoms with Crippen molar-refractivity contribution < 1.29 is 19.8 Å². The van der Waals surface area contributed by atoms with Crippen molar-refractivity contribution in [1.29, 1.82) is 0 Å². The number of fused-ring (bicyclic) bond motifs is 1. The van der Waals surface area contributed by atoms with Crippen LogP contribution in [0.15, 0.2) is 28.7 Å². The summed E-state index contributed by atoms with van der Waals surface area (Å²) in [7, 11) is 0. The van der Waals surface area contributed by atoms with E-state index in [1.807, 2.05) is 10.8 Å². The quantitative estimate of drug-likeness (QED) is 0.738. The van der Waals surface area contributed by atoms with Crippen molar-refractivity contribution in [2.24, 2.45) is 5.92 Å². The molecule has 3 atom stereocenters. The van der Waals surface area contributed by atoms with Gasteiger partial charge in [-0.25, -0.2) is 9.78 Å². The van der Waals surface area contributed by atoms with Gasteiger partial charge in [0, 0.05) is 24.7 Å². The van der Waals surface area contributed by atoms with Crippen LogP contribution >= 0.6 is 23.5 Å². The van der Waals surface area contributed by atoms with Crippen LogP contribution in [0.2, 0.25) is 0 Å². The maximum absolute atomic E-state index is 12.0. The van der Waals surface area contributed by atoms with Crippen LogP contribution in [0.3, 0.4) is 0 Å². The molecule has 7 nitrogen and oxygen atoms in total. The number of aliphatic hydroxyl groups is 1. The molecule has 0 spiro atoms. The van der Waals surface area contributed by atoms with Gasteiger partial charge in [-0.05, 0) is 6.92 Å². The van der Waals surface area contributed by atoms with Crippen molar-refractivity contribution in [1.82, 2.24) is 14.5 Å². The topological polar surface area (TPSA) is 95.7 Å². The molecule has 118 valence electrons. The van der Waals surface area contributed by atoms with E-state index >= 15 is 0 Å². The van der Waals surface area contributed by atoms with Crippen LogP contribution in [-0.4, -0.2) is 53.8 Å². The highest BCUT2D eigenvalue weighted by Gasteiger charge is 2.57. The first-order valence-corrected chi connectivity index (χ1v) is 8.61. The Morgan fingerprint density at radius 3 is 2.95 bits per heavy atom. The van der Waals surface area contributed by atoms with E-state index in [-0.39, 0.29) is 17.0 Å². The molecule has 1 aromatic rings. The molecular formula is C13H15N3O4S2. The van der Waals surface area contributed by atoms with E-state index in [9.17, 15) is 19.8 Å². The minimum atomic E-state index is -1.10. The molecule has 3 rings (SSSR count). The fourth-order valence-corrected chi connectivity index (χ4v) is 5.46. The van der Waals surface area contributed by atoms with Gasteiger partial charge >= 0.3 is 5.97 Å². The number of β-lactam (4-membered cyclic amide) rings is 1. The second kappa shape index (κ2) is 5.98. The minimum absolute atomic E-state index is 0.0486. The van der Waals surface area contributed by atoms with Crippen molar-refractivity contribution in [3.8, 4) is 0 Å². The van der Waals surface area contributed by atoms with E-state index in [0.29, 0.717) is 16.5 Å². The number of nitrogens with zero attached hydrogens (tertiary/aromatic N) is 3. The number of aliphatic carboxylic acids is 1. The van der Waals surface area contributed by atoms with Crippen LogP contribution in [-0.2, 0) is 16.1 Å². The molecule has 1 saturated heterocycles. The van der Waals surface area contributed by atoms with Crippen LogP contribution in [0.1, 0.15) is 6.92 Å². The largest absolute Gasteiger partial charge is 0.477 e. The minimum Gasteiger partial charge on any atom is -0.477 e. The van der Waals surface area contributed by atoms with Crippen molar-refractivity contribution >= 4 is 35.4 Å². The summed E-state index contributed by atoms with van der Waals surface area (Å²) in [6, 6.07) is 0. The number of hydrogen-bond acceptors (Lipinski definition) is 6. The number of rotatable bonds is 6. The van der Waals surface area contributed by atoms with Crippen LogP contribution in [0.4, 0.5) is 0 Å². The summed E-state index contributed by atoms with van der Waals surface area (Å²) in [5, 5.41) is 18.7. The maximum atomic E-state index is 12.0. The summed E-state index contributed by atoms with van der Waals surface area (Å²) in [5.41, 5.74) is 0.0486. The number of carbonyl (C=O) groups excluding carboxylic acids is 1. The van der Waals surface area contributed by atoms with Crippen molar-refractivity contribution in [3.63, 3.8) is 0 Å². The molecule has 0 bridgehead atoms. The monoisotopic (exact) mass is 341 g/mol. The van der Waals surface area contributed by atoms with Gasteiger partial charge in [-0.15, -0.1) is 11.8 Å². The van der Waals surface area contributed by atoms with Gasteiger partial charge in [-0.3, -0.25) is 9.69 Å². The van der Waals surface area contributed by atoms with E-state index in [4.69, 9.17) is 0 Å². The lowest BCUT2D eigenvalue weighted by Crippen LogP contribution is -2.60. The molecule has 1 unspecified atom stereocenters. The van der Waals surface area contributed by atoms with Gasteiger partial charge in [-0.1, -0.05) is 11.8 Å². The Balaban J connectivity index is 1.70. The zero-order valence-corrected chi connectivity index (χ0v) is 13.4. The van der Waals surface area contributed by atoms with Crippen LogP contribution in [0.25, 0.3) is 0 Å². The molecule has 22 heavy (non-hydrogen) atoms. The Morgan fingerprint density at radius 2 is 2.36 bits per heavy atom. The highest BCUT2D eigenvalue weighted by molar-refractivity contribution is 8.22. The number of carbonyl (C=O) groups is 2. The molecule has 1 amide bonds. The van der Waals surface area contributed by atoms with Crippen LogP contribution < -0.4 is 0 Å². The highest BCUT2D eigenvalue weighted by Crippen LogP contribution is 2.53. The molecule has 9 heteroatoms. The third-order valence-electron chi connectivity index (χ3n) is 3.61. The number of imidazole rings is 1. The molecule has 2 N–H and O–H groups in total. The number of aliphatic hydroxyl groups excluding tert-OH is 1. The molecule has 0 aliphatic carbocycles. The Labute approximate surface area is 135 Å². The number of hydrogen-bond donors (Lipinski definition) is 2.